The second-order valence-corrected chi connectivity index (χ2v) is 6.37. The van der Waals surface area contributed by atoms with Crippen LogP contribution in [0.1, 0.15) is 12.7 Å². The van der Waals surface area contributed by atoms with Gasteiger partial charge < -0.3 is 24.8 Å². The summed E-state index contributed by atoms with van der Waals surface area (Å²) in [6.45, 7) is 8.52. The number of guanidine groups is 1. The number of halogens is 1. The molecule has 0 unspecified atom stereocenters. The summed E-state index contributed by atoms with van der Waals surface area (Å²) in [4.78, 5) is 20.7. The van der Waals surface area contributed by atoms with Crippen molar-refractivity contribution in [2.75, 3.05) is 66.6 Å². The minimum atomic E-state index is 0. The molecule has 11 heteroatoms. The van der Waals surface area contributed by atoms with Gasteiger partial charge in [0, 0.05) is 66.4 Å². The van der Waals surface area contributed by atoms with Crippen molar-refractivity contribution in [1.82, 2.24) is 35.2 Å². The fourth-order valence-electron chi connectivity index (χ4n) is 3.03. The van der Waals surface area contributed by atoms with Gasteiger partial charge in [-0.25, -0.2) is 0 Å². The predicted octanol–water partition coefficient (Wildman–Crippen LogP) is -0.586. The lowest BCUT2D eigenvalue weighted by Gasteiger charge is -2.36. The number of hydrogen-bond acceptors (Lipinski definition) is 6. The number of methoxy groups -OCH3 is 1. The zero-order valence-electron chi connectivity index (χ0n) is 17.1. The maximum atomic E-state index is 11.9. The number of amides is 1. The van der Waals surface area contributed by atoms with Crippen molar-refractivity contribution >= 4 is 35.8 Å². The molecule has 1 aliphatic rings. The van der Waals surface area contributed by atoms with Crippen molar-refractivity contribution in [3.63, 3.8) is 0 Å². The molecular weight excluding hydrogens is 475 g/mol. The highest BCUT2D eigenvalue weighted by Gasteiger charge is 2.21. The lowest BCUT2D eigenvalue weighted by molar-refractivity contribution is -0.122. The standard InChI is InChI=1S/C17H32N8O2.HI/c1-4-15-22-21-14-25(15)7-5-20-17(18-2)24-10-8-23(9-11-24)13-16(26)19-6-12-27-3;/h14H,4-13H2,1-3H3,(H,18,20)(H,19,26);1H. The topological polar surface area (TPSA) is 99.9 Å². The minimum Gasteiger partial charge on any atom is -0.383 e. The van der Waals surface area contributed by atoms with Gasteiger partial charge in [-0.15, -0.1) is 34.2 Å². The number of aryl methyl sites for hydroxylation is 1. The summed E-state index contributed by atoms with van der Waals surface area (Å²) in [7, 11) is 3.43. The molecule has 1 aliphatic heterocycles. The summed E-state index contributed by atoms with van der Waals surface area (Å²) in [6.07, 6.45) is 2.63. The summed E-state index contributed by atoms with van der Waals surface area (Å²) in [5.74, 6) is 1.93. The van der Waals surface area contributed by atoms with Crippen LogP contribution >= 0.6 is 24.0 Å². The van der Waals surface area contributed by atoms with Crippen molar-refractivity contribution in [2.24, 2.45) is 4.99 Å². The Bertz CT molecular complexity index is 602. The smallest absolute Gasteiger partial charge is 0.234 e. The van der Waals surface area contributed by atoms with Crippen LogP contribution in [0.3, 0.4) is 0 Å². The first-order valence-electron chi connectivity index (χ1n) is 9.48. The number of piperazine rings is 1. The molecule has 2 rings (SSSR count). The van der Waals surface area contributed by atoms with E-state index in [0.717, 1.165) is 57.5 Å². The quantitative estimate of drug-likeness (QED) is 0.199. The normalized spacial score (nSPS) is 15.2. The summed E-state index contributed by atoms with van der Waals surface area (Å²) in [5.41, 5.74) is 0. The van der Waals surface area contributed by atoms with Gasteiger partial charge in [-0.1, -0.05) is 6.92 Å². The maximum Gasteiger partial charge on any atom is 0.234 e. The van der Waals surface area contributed by atoms with E-state index in [1.54, 1.807) is 20.5 Å². The number of hydrogen-bond donors (Lipinski definition) is 2. The molecule has 1 aromatic rings. The molecular formula is C17H33IN8O2. The molecule has 1 amide bonds. The van der Waals surface area contributed by atoms with Gasteiger partial charge in [0.25, 0.3) is 0 Å². The van der Waals surface area contributed by atoms with Crippen LogP contribution in [0.5, 0.6) is 0 Å². The van der Waals surface area contributed by atoms with Crippen LogP contribution in [0.2, 0.25) is 0 Å². The monoisotopic (exact) mass is 508 g/mol. The Morgan fingerprint density at radius 3 is 2.64 bits per heavy atom. The Labute approximate surface area is 184 Å². The fourth-order valence-corrected chi connectivity index (χ4v) is 3.03. The number of carbonyl (C=O) groups excluding carboxylic acids is 1. The van der Waals surface area contributed by atoms with Crippen LogP contribution in [-0.4, -0.2) is 103 Å². The zero-order chi connectivity index (χ0) is 19.5. The number of aliphatic imine (C=N–C) groups is 1. The van der Waals surface area contributed by atoms with Crippen LogP contribution in [-0.2, 0) is 22.5 Å². The van der Waals surface area contributed by atoms with Gasteiger partial charge in [0.2, 0.25) is 5.91 Å². The molecule has 160 valence electrons. The molecule has 0 radical (unpaired) electrons. The molecule has 0 spiro atoms. The zero-order valence-corrected chi connectivity index (χ0v) is 19.4. The molecule has 1 saturated heterocycles. The van der Waals surface area contributed by atoms with E-state index in [4.69, 9.17) is 4.74 Å². The molecule has 0 aliphatic carbocycles. The van der Waals surface area contributed by atoms with E-state index >= 15 is 0 Å². The first kappa shape index (κ1) is 24.6. The number of nitrogens with zero attached hydrogens (tertiary/aromatic N) is 6. The first-order valence-corrected chi connectivity index (χ1v) is 9.48. The average molecular weight is 508 g/mol. The van der Waals surface area contributed by atoms with Crippen molar-refractivity contribution in [2.45, 2.75) is 19.9 Å². The van der Waals surface area contributed by atoms with Gasteiger partial charge in [-0.05, 0) is 0 Å². The summed E-state index contributed by atoms with van der Waals surface area (Å²) in [5, 5.41) is 14.3. The SMILES string of the molecule is CCc1nncn1CCNC(=NC)N1CCN(CC(=O)NCCOC)CC1.I. The van der Waals surface area contributed by atoms with E-state index in [1.165, 1.54) is 0 Å². The van der Waals surface area contributed by atoms with E-state index in [0.29, 0.717) is 19.7 Å². The highest BCUT2D eigenvalue weighted by atomic mass is 127. The fraction of sp³-hybridized carbons (Fsp3) is 0.765. The molecule has 0 aromatic carbocycles. The number of carbonyl (C=O) groups is 1. The maximum absolute atomic E-state index is 11.9. The van der Waals surface area contributed by atoms with Gasteiger partial charge in [-0.2, -0.15) is 0 Å². The van der Waals surface area contributed by atoms with E-state index < -0.39 is 0 Å². The Morgan fingerprint density at radius 2 is 2.00 bits per heavy atom. The highest BCUT2D eigenvalue weighted by molar-refractivity contribution is 14.0. The predicted molar refractivity (Wildman–Crippen MR) is 119 cm³/mol. The number of aromatic nitrogens is 3. The summed E-state index contributed by atoms with van der Waals surface area (Å²) in [6, 6.07) is 0. The van der Waals surface area contributed by atoms with Crippen molar-refractivity contribution < 1.29 is 9.53 Å². The van der Waals surface area contributed by atoms with Crippen molar-refractivity contribution in [1.29, 1.82) is 0 Å². The van der Waals surface area contributed by atoms with Crippen LogP contribution in [0.15, 0.2) is 11.3 Å². The van der Waals surface area contributed by atoms with E-state index in [-0.39, 0.29) is 29.9 Å². The summed E-state index contributed by atoms with van der Waals surface area (Å²) < 4.78 is 7.00. The molecule has 0 atom stereocenters. The van der Waals surface area contributed by atoms with Gasteiger partial charge in [-0.3, -0.25) is 14.7 Å². The third-order valence-electron chi connectivity index (χ3n) is 4.53. The second-order valence-electron chi connectivity index (χ2n) is 6.37. The minimum absolute atomic E-state index is 0. The summed E-state index contributed by atoms with van der Waals surface area (Å²) >= 11 is 0. The lowest BCUT2D eigenvalue weighted by atomic mass is 10.3. The second kappa shape index (κ2) is 13.7. The van der Waals surface area contributed by atoms with Crippen LogP contribution in [0, 0.1) is 0 Å². The molecule has 1 aromatic heterocycles. The molecule has 0 bridgehead atoms. The van der Waals surface area contributed by atoms with E-state index in [9.17, 15) is 4.79 Å². The Morgan fingerprint density at radius 1 is 1.25 bits per heavy atom. The van der Waals surface area contributed by atoms with Crippen molar-refractivity contribution in [3.05, 3.63) is 12.2 Å². The third kappa shape index (κ3) is 7.87. The molecule has 0 saturated carbocycles. The largest absolute Gasteiger partial charge is 0.383 e. The Hall–Kier alpha value is -1.47. The molecule has 28 heavy (non-hydrogen) atoms. The van der Waals surface area contributed by atoms with Gasteiger partial charge in [0.15, 0.2) is 5.96 Å². The Balaban J connectivity index is 0.00000392. The van der Waals surface area contributed by atoms with Crippen LogP contribution < -0.4 is 10.6 Å². The molecule has 1 fully saturated rings. The van der Waals surface area contributed by atoms with Crippen molar-refractivity contribution in [3.8, 4) is 0 Å². The molecule has 2 heterocycles. The number of nitrogens with one attached hydrogen (secondary N) is 2. The molecule has 2 N–H and O–H groups in total. The lowest BCUT2D eigenvalue weighted by Crippen LogP contribution is -2.54. The van der Waals surface area contributed by atoms with Gasteiger partial charge in [0.1, 0.15) is 12.2 Å². The third-order valence-corrected chi connectivity index (χ3v) is 4.53. The number of ether oxygens (including phenoxy) is 1. The van der Waals surface area contributed by atoms with Crippen LogP contribution in [0.4, 0.5) is 0 Å². The van der Waals surface area contributed by atoms with E-state index in [1.807, 2.05) is 0 Å². The highest BCUT2D eigenvalue weighted by Crippen LogP contribution is 2.02. The average Bonchev–Trinajstić information content (AvgIpc) is 3.14. The Kier molecular flexibility index (Phi) is 12.0. The van der Waals surface area contributed by atoms with Gasteiger partial charge in [0.05, 0.1) is 13.2 Å². The van der Waals surface area contributed by atoms with E-state index in [2.05, 4.69) is 47.1 Å². The first-order chi connectivity index (χ1) is 13.2. The number of rotatable bonds is 9. The van der Waals surface area contributed by atoms with Crippen LogP contribution in [0.25, 0.3) is 0 Å². The molecule has 10 nitrogen and oxygen atoms in total. The van der Waals surface area contributed by atoms with Gasteiger partial charge >= 0.3 is 0 Å².